The first-order valence-corrected chi connectivity index (χ1v) is 9.51. The third kappa shape index (κ3) is 8.38. The van der Waals surface area contributed by atoms with Crippen molar-refractivity contribution in [1.29, 1.82) is 0 Å². The largest absolute Gasteiger partial charge is 0.497 e. The number of piperazine rings is 1. The lowest BCUT2D eigenvalue weighted by molar-refractivity contribution is 0.256. The molecule has 0 amide bonds. The van der Waals surface area contributed by atoms with Gasteiger partial charge in [0.15, 0.2) is 5.96 Å². The maximum absolute atomic E-state index is 5.23. The number of methoxy groups -OCH3 is 1. The van der Waals surface area contributed by atoms with Crippen molar-refractivity contribution in [2.45, 2.75) is 13.3 Å². The summed E-state index contributed by atoms with van der Waals surface area (Å²) in [6, 6.07) is 8.34. The summed E-state index contributed by atoms with van der Waals surface area (Å²) in [5, 5.41) is 6.48. The summed E-state index contributed by atoms with van der Waals surface area (Å²) in [5.41, 5.74) is 1.28. The number of hydrogen-bond donors (Lipinski definition) is 2. The van der Waals surface area contributed by atoms with E-state index in [9.17, 15) is 0 Å². The molecule has 1 aliphatic heterocycles. The Bertz CT molecular complexity index is 556. The normalized spacial score (nSPS) is 15.0. The number of nitrogens with one attached hydrogen (secondary N) is 2. The van der Waals surface area contributed by atoms with Crippen LogP contribution >= 0.6 is 24.0 Å². The molecule has 27 heavy (non-hydrogen) atoms. The van der Waals surface area contributed by atoms with E-state index >= 15 is 0 Å². The third-order valence-electron chi connectivity index (χ3n) is 4.47. The Balaban J connectivity index is 0.00000364. The second kappa shape index (κ2) is 13.7. The topological polar surface area (TPSA) is 52.1 Å². The Labute approximate surface area is 181 Å². The zero-order valence-corrected chi connectivity index (χ0v) is 18.9. The van der Waals surface area contributed by atoms with E-state index < -0.39 is 0 Å². The fraction of sp³-hybridized carbons (Fsp3) is 0.550. The number of hydrogen-bond acceptors (Lipinski definition) is 4. The molecule has 1 aromatic carbocycles. The van der Waals surface area contributed by atoms with E-state index in [0.29, 0.717) is 0 Å². The van der Waals surface area contributed by atoms with Gasteiger partial charge in [0.05, 0.1) is 7.11 Å². The zero-order valence-electron chi connectivity index (χ0n) is 16.6. The van der Waals surface area contributed by atoms with Crippen LogP contribution in [0, 0.1) is 0 Å². The quantitative estimate of drug-likeness (QED) is 0.185. The van der Waals surface area contributed by atoms with E-state index in [-0.39, 0.29) is 24.0 Å². The van der Waals surface area contributed by atoms with Crippen LogP contribution in [0.3, 0.4) is 0 Å². The lowest BCUT2D eigenvalue weighted by atomic mass is 10.2. The van der Waals surface area contributed by atoms with Crippen LogP contribution in [-0.4, -0.2) is 70.3 Å². The number of benzene rings is 1. The van der Waals surface area contributed by atoms with E-state index in [0.717, 1.165) is 70.5 Å². The van der Waals surface area contributed by atoms with Crippen LogP contribution in [0.1, 0.15) is 13.3 Å². The highest BCUT2D eigenvalue weighted by Gasteiger charge is 2.16. The van der Waals surface area contributed by atoms with Crippen LogP contribution in [0.25, 0.3) is 0 Å². The van der Waals surface area contributed by atoms with Crippen LogP contribution in [-0.2, 0) is 0 Å². The van der Waals surface area contributed by atoms with Gasteiger partial charge in [-0.15, -0.1) is 30.6 Å². The molecule has 0 bridgehead atoms. The minimum Gasteiger partial charge on any atom is -0.497 e. The molecule has 2 N–H and O–H groups in total. The van der Waals surface area contributed by atoms with Gasteiger partial charge in [-0.1, -0.05) is 6.08 Å². The molecule has 0 unspecified atom stereocenters. The molecule has 0 atom stereocenters. The first-order valence-electron chi connectivity index (χ1n) is 9.51. The van der Waals surface area contributed by atoms with Crippen molar-refractivity contribution in [3.63, 3.8) is 0 Å². The monoisotopic (exact) mass is 487 g/mol. The van der Waals surface area contributed by atoms with E-state index in [1.54, 1.807) is 7.11 Å². The highest BCUT2D eigenvalue weighted by Crippen LogP contribution is 2.20. The second-order valence-electron chi connectivity index (χ2n) is 6.31. The number of ether oxygens (including phenoxy) is 1. The molecule has 152 valence electrons. The van der Waals surface area contributed by atoms with Crippen molar-refractivity contribution in [1.82, 2.24) is 15.5 Å². The molecule has 1 saturated heterocycles. The highest BCUT2D eigenvalue weighted by atomic mass is 127. The Morgan fingerprint density at radius 1 is 1.19 bits per heavy atom. The van der Waals surface area contributed by atoms with Crippen LogP contribution in [0.15, 0.2) is 41.9 Å². The van der Waals surface area contributed by atoms with E-state index in [1.807, 2.05) is 18.2 Å². The molecule has 1 aromatic rings. The first-order chi connectivity index (χ1) is 12.8. The van der Waals surface area contributed by atoms with E-state index in [2.05, 4.69) is 51.1 Å². The molecule has 6 nitrogen and oxygen atoms in total. The van der Waals surface area contributed by atoms with Crippen molar-refractivity contribution in [2.75, 3.05) is 64.4 Å². The number of nitrogens with zero attached hydrogens (tertiary/aromatic N) is 3. The van der Waals surface area contributed by atoms with Gasteiger partial charge in [0.1, 0.15) is 5.75 Å². The van der Waals surface area contributed by atoms with Gasteiger partial charge in [0.2, 0.25) is 0 Å². The van der Waals surface area contributed by atoms with Gasteiger partial charge in [0.25, 0.3) is 0 Å². The standard InChI is InChI=1S/C20H33N5O.HI/c1-4-11-22-20(21-5-2)23-12-6-13-24-14-16-25(17-15-24)18-7-9-19(26-3)10-8-18;/h4,7-10H,1,5-6,11-17H2,2-3H3,(H2,21,22,23);1H. The fourth-order valence-electron chi connectivity index (χ4n) is 3.02. The summed E-state index contributed by atoms with van der Waals surface area (Å²) in [5.74, 6) is 1.78. The zero-order chi connectivity index (χ0) is 18.6. The molecular formula is C20H34IN5O. The van der Waals surface area contributed by atoms with E-state index in [4.69, 9.17) is 4.74 Å². The van der Waals surface area contributed by atoms with Gasteiger partial charge in [-0.25, -0.2) is 0 Å². The number of anilines is 1. The molecular weight excluding hydrogens is 453 g/mol. The summed E-state index contributed by atoms with van der Waals surface area (Å²) in [7, 11) is 1.70. The maximum atomic E-state index is 5.23. The van der Waals surface area contributed by atoms with Crippen molar-refractivity contribution in [3.8, 4) is 5.75 Å². The Hall–Kier alpha value is -1.48. The molecule has 0 aromatic heterocycles. The van der Waals surface area contributed by atoms with Crippen molar-refractivity contribution < 1.29 is 4.74 Å². The summed E-state index contributed by atoms with van der Waals surface area (Å²) in [6.45, 7) is 13.7. The third-order valence-corrected chi connectivity index (χ3v) is 4.47. The van der Waals surface area contributed by atoms with Gasteiger partial charge in [-0.2, -0.15) is 0 Å². The number of halogens is 1. The van der Waals surface area contributed by atoms with Crippen molar-refractivity contribution in [2.24, 2.45) is 4.99 Å². The second-order valence-corrected chi connectivity index (χ2v) is 6.31. The van der Waals surface area contributed by atoms with Crippen LogP contribution in [0.4, 0.5) is 5.69 Å². The summed E-state index contributed by atoms with van der Waals surface area (Å²) in [6.07, 6.45) is 2.92. The maximum Gasteiger partial charge on any atom is 0.191 e. The fourth-order valence-corrected chi connectivity index (χ4v) is 3.02. The molecule has 0 aliphatic carbocycles. The smallest absolute Gasteiger partial charge is 0.191 e. The average Bonchev–Trinajstić information content (AvgIpc) is 2.70. The lowest BCUT2D eigenvalue weighted by Gasteiger charge is -2.36. The molecule has 0 spiro atoms. The number of aliphatic imine (C=N–C) groups is 1. The molecule has 2 rings (SSSR count). The predicted octanol–water partition coefficient (Wildman–Crippen LogP) is 2.57. The van der Waals surface area contributed by atoms with Crippen LogP contribution in [0.2, 0.25) is 0 Å². The molecule has 1 fully saturated rings. The lowest BCUT2D eigenvalue weighted by Crippen LogP contribution is -2.46. The summed E-state index contributed by atoms with van der Waals surface area (Å²) in [4.78, 5) is 9.58. The molecule has 0 saturated carbocycles. The number of guanidine groups is 1. The van der Waals surface area contributed by atoms with Gasteiger partial charge >= 0.3 is 0 Å². The van der Waals surface area contributed by atoms with Crippen LogP contribution in [0.5, 0.6) is 5.75 Å². The van der Waals surface area contributed by atoms with Crippen molar-refractivity contribution in [3.05, 3.63) is 36.9 Å². The van der Waals surface area contributed by atoms with Crippen LogP contribution < -0.4 is 20.3 Å². The molecule has 1 aliphatic rings. The van der Waals surface area contributed by atoms with Gasteiger partial charge in [-0.3, -0.25) is 9.89 Å². The Morgan fingerprint density at radius 3 is 2.48 bits per heavy atom. The van der Waals surface area contributed by atoms with Crippen molar-refractivity contribution >= 4 is 35.6 Å². The minimum atomic E-state index is 0. The molecule has 0 radical (unpaired) electrons. The first kappa shape index (κ1) is 23.6. The van der Waals surface area contributed by atoms with Gasteiger partial charge in [-0.05, 0) is 37.6 Å². The summed E-state index contributed by atoms with van der Waals surface area (Å²) >= 11 is 0. The Morgan fingerprint density at radius 2 is 1.89 bits per heavy atom. The van der Waals surface area contributed by atoms with Gasteiger partial charge < -0.3 is 20.3 Å². The number of rotatable bonds is 9. The molecule has 1 heterocycles. The highest BCUT2D eigenvalue weighted by molar-refractivity contribution is 14.0. The predicted molar refractivity (Wildman–Crippen MR) is 126 cm³/mol. The summed E-state index contributed by atoms with van der Waals surface area (Å²) < 4.78 is 5.23. The Kier molecular flexibility index (Phi) is 11.9. The average molecular weight is 487 g/mol. The van der Waals surface area contributed by atoms with E-state index in [1.165, 1.54) is 5.69 Å². The molecule has 7 heteroatoms. The minimum absolute atomic E-state index is 0. The van der Waals surface area contributed by atoms with Gasteiger partial charge in [0, 0.05) is 58.0 Å². The SMILES string of the molecule is C=CCNC(=NCCCN1CCN(c2ccc(OC)cc2)CC1)NCC.I.